The number of rotatable bonds is 7. The van der Waals surface area contributed by atoms with E-state index in [4.69, 9.17) is 4.74 Å². The van der Waals surface area contributed by atoms with Crippen molar-refractivity contribution in [2.24, 2.45) is 0 Å². The van der Waals surface area contributed by atoms with Crippen LogP contribution in [-0.4, -0.2) is 48.1 Å². The van der Waals surface area contributed by atoms with Crippen molar-refractivity contribution >= 4 is 5.78 Å². The molecule has 1 saturated heterocycles. The summed E-state index contributed by atoms with van der Waals surface area (Å²) in [5.74, 6) is 1.12. The maximum atomic E-state index is 11.7. The highest BCUT2D eigenvalue weighted by molar-refractivity contribution is 5.96. The molecule has 0 amide bonds. The third-order valence-corrected chi connectivity index (χ3v) is 4.46. The van der Waals surface area contributed by atoms with Crippen LogP contribution >= 0.6 is 0 Å². The van der Waals surface area contributed by atoms with Crippen molar-refractivity contribution in [3.8, 4) is 5.75 Å². The highest BCUT2D eigenvalue weighted by Gasteiger charge is 2.18. The second kappa shape index (κ2) is 7.93. The van der Waals surface area contributed by atoms with E-state index in [1.807, 2.05) is 19.1 Å². The van der Waals surface area contributed by atoms with Crippen molar-refractivity contribution in [1.82, 2.24) is 4.90 Å². The second-order valence-electron chi connectivity index (χ2n) is 6.89. The minimum atomic E-state index is -0.485. The first-order valence-electron chi connectivity index (χ1n) is 8.57. The molecule has 0 saturated carbocycles. The third kappa shape index (κ3) is 4.79. The minimum absolute atomic E-state index is 0.0741. The topological polar surface area (TPSA) is 49.8 Å². The SMILES string of the molecule is CC(=O)c1cc(C(C)C)c(OCC(O)CN2CCCC2)cc1C. The molecule has 1 aliphatic heterocycles. The smallest absolute Gasteiger partial charge is 0.160 e. The van der Waals surface area contributed by atoms with E-state index in [0.717, 1.165) is 35.5 Å². The monoisotopic (exact) mass is 319 g/mol. The number of aliphatic hydroxyl groups is 1. The van der Waals surface area contributed by atoms with E-state index in [1.54, 1.807) is 6.92 Å². The summed E-state index contributed by atoms with van der Waals surface area (Å²) in [7, 11) is 0. The number of benzene rings is 1. The molecule has 1 aromatic rings. The van der Waals surface area contributed by atoms with Gasteiger partial charge >= 0.3 is 0 Å². The molecule has 1 N–H and O–H groups in total. The van der Waals surface area contributed by atoms with Crippen molar-refractivity contribution in [3.05, 3.63) is 28.8 Å². The lowest BCUT2D eigenvalue weighted by Crippen LogP contribution is -2.33. The van der Waals surface area contributed by atoms with Crippen molar-refractivity contribution < 1.29 is 14.6 Å². The largest absolute Gasteiger partial charge is 0.491 e. The van der Waals surface area contributed by atoms with Crippen LogP contribution in [0, 0.1) is 6.92 Å². The van der Waals surface area contributed by atoms with E-state index in [1.165, 1.54) is 12.8 Å². The molecule has 1 unspecified atom stereocenters. The molecule has 1 atom stereocenters. The van der Waals surface area contributed by atoms with Crippen molar-refractivity contribution in [2.45, 2.75) is 52.6 Å². The lowest BCUT2D eigenvalue weighted by Gasteiger charge is -2.21. The Morgan fingerprint density at radius 2 is 1.96 bits per heavy atom. The van der Waals surface area contributed by atoms with Gasteiger partial charge in [0.05, 0.1) is 0 Å². The number of hydrogen-bond acceptors (Lipinski definition) is 4. The number of hydrogen-bond donors (Lipinski definition) is 1. The number of aryl methyl sites for hydroxylation is 1. The normalized spacial score (nSPS) is 16.8. The number of ketones is 1. The predicted octanol–water partition coefficient (Wildman–Crippen LogP) is 3.16. The van der Waals surface area contributed by atoms with Gasteiger partial charge < -0.3 is 14.7 Å². The van der Waals surface area contributed by atoms with Gasteiger partial charge in [0.15, 0.2) is 5.78 Å². The van der Waals surface area contributed by atoms with Gasteiger partial charge in [-0.2, -0.15) is 0 Å². The quantitative estimate of drug-likeness (QED) is 0.784. The van der Waals surface area contributed by atoms with Gasteiger partial charge in [-0.3, -0.25) is 4.79 Å². The predicted molar refractivity (Wildman–Crippen MR) is 92.4 cm³/mol. The molecule has 128 valence electrons. The zero-order valence-electron chi connectivity index (χ0n) is 14.8. The number of ether oxygens (including phenoxy) is 1. The van der Waals surface area contributed by atoms with Crippen LogP contribution < -0.4 is 4.74 Å². The van der Waals surface area contributed by atoms with Gasteiger partial charge in [-0.1, -0.05) is 13.8 Å². The Balaban J connectivity index is 2.05. The molecule has 0 radical (unpaired) electrons. The number of aliphatic hydroxyl groups excluding tert-OH is 1. The fourth-order valence-electron chi connectivity index (χ4n) is 3.16. The fraction of sp³-hybridized carbons (Fsp3) is 0.632. The lowest BCUT2D eigenvalue weighted by molar-refractivity contribution is 0.0753. The minimum Gasteiger partial charge on any atom is -0.491 e. The molecule has 0 spiro atoms. The van der Waals surface area contributed by atoms with Crippen molar-refractivity contribution in [2.75, 3.05) is 26.2 Å². The summed E-state index contributed by atoms with van der Waals surface area (Å²) in [6, 6.07) is 3.86. The molecule has 0 aromatic heterocycles. The first-order chi connectivity index (χ1) is 10.9. The molecule has 0 aliphatic carbocycles. The Hall–Kier alpha value is -1.39. The van der Waals surface area contributed by atoms with Crippen LogP contribution in [0.2, 0.25) is 0 Å². The number of likely N-dealkylation sites (tertiary alicyclic amines) is 1. The maximum absolute atomic E-state index is 11.7. The Labute approximate surface area is 139 Å². The first-order valence-corrected chi connectivity index (χ1v) is 8.57. The Kier molecular flexibility index (Phi) is 6.19. The Bertz CT molecular complexity index is 548. The van der Waals surface area contributed by atoms with Crippen molar-refractivity contribution in [1.29, 1.82) is 0 Å². The van der Waals surface area contributed by atoms with Gasteiger partial charge in [-0.05, 0) is 69.0 Å². The molecule has 0 bridgehead atoms. The highest BCUT2D eigenvalue weighted by atomic mass is 16.5. The molecule has 1 aromatic carbocycles. The molecule has 1 aliphatic rings. The number of carbonyl (C=O) groups is 1. The summed E-state index contributed by atoms with van der Waals surface area (Å²) < 4.78 is 5.90. The average molecular weight is 319 g/mol. The highest BCUT2D eigenvalue weighted by Crippen LogP contribution is 2.30. The summed E-state index contributed by atoms with van der Waals surface area (Å²) in [4.78, 5) is 14.0. The zero-order valence-corrected chi connectivity index (χ0v) is 14.8. The van der Waals surface area contributed by atoms with Crippen LogP contribution in [-0.2, 0) is 0 Å². The van der Waals surface area contributed by atoms with E-state index in [9.17, 15) is 9.90 Å². The summed E-state index contributed by atoms with van der Waals surface area (Å²) in [5, 5.41) is 10.2. The molecule has 1 fully saturated rings. The molecule has 2 rings (SSSR count). The molecule has 4 heteroatoms. The second-order valence-corrected chi connectivity index (χ2v) is 6.89. The third-order valence-electron chi connectivity index (χ3n) is 4.46. The average Bonchev–Trinajstić information content (AvgIpc) is 2.97. The van der Waals surface area contributed by atoms with Gasteiger partial charge in [-0.15, -0.1) is 0 Å². The standard InChI is InChI=1S/C19H29NO3/c1-13(2)17-10-18(15(4)21)14(3)9-19(17)23-12-16(22)11-20-7-5-6-8-20/h9-10,13,16,22H,5-8,11-12H2,1-4H3. The van der Waals surface area contributed by atoms with E-state index in [2.05, 4.69) is 18.7 Å². The summed E-state index contributed by atoms with van der Waals surface area (Å²) in [6.45, 7) is 10.8. The molecular formula is C19H29NO3. The summed E-state index contributed by atoms with van der Waals surface area (Å²) >= 11 is 0. The van der Waals surface area contributed by atoms with Gasteiger partial charge in [0.2, 0.25) is 0 Å². The van der Waals surface area contributed by atoms with Crippen LogP contribution in [0.5, 0.6) is 5.75 Å². The zero-order chi connectivity index (χ0) is 17.0. The molecule has 23 heavy (non-hydrogen) atoms. The van der Waals surface area contributed by atoms with Crippen molar-refractivity contribution in [3.63, 3.8) is 0 Å². The van der Waals surface area contributed by atoms with Crippen LogP contribution in [0.25, 0.3) is 0 Å². The van der Waals surface area contributed by atoms with Crippen LogP contribution in [0.1, 0.15) is 61.0 Å². The number of β-amino-alcohol motifs (C(OH)–C–C–N with tert-alkyl or cyclic N) is 1. The van der Waals surface area contributed by atoms with Gasteiger partial charge in [0.25, 0.3) is 0 Å². The van der Waals surface area contributed by atoms with Gasteiger partial charge in [-0.25, -0.2) is 0 Å². The maximum Gasteiger partial charge on any atom is 0.160 e. The van der Waals surface area contributed by atoms with Crippen LogP contribution in [0.4, 0.5) is 0 Å². The Morgan fingerprint density at radius 1 is 1.30 bits per heavy atom. The molecule has 4 nitrogen and oxygen atoms in total. The van der Waals surface area contributed by atoms with Gasteiger partial charge in [0, 0.05) is 12.1 Å². The van der Waals surface area contributed by atoms with E-state index in [-0.39, 0.29) is 18.3 Å². The van der Waals surface area contributed by atoms with Crippen LogP contribution in [0.15, 0.2) is 12.1 Å². The first kappa shape index (κ1) is 18.0. The molecular weight excluding hydrogens is 290 g/mol. The summed E-state index contributed by atoms with van der Waals surface area (Å²) in [6.07, 6.45) is 1.95. The van der Waals surface area contributed by atoms with E-state index >= 15 is 0 Å². The van der Waals surface area contributed by atoms with E-state index < -0.39 is 6.10 Å². The van der Waals surface area contributed by atoms with Crippen LogP contribution in [0.3, 0.4) is 0 Å². The number of nitrogens with zero attached hydrogens (tertiary/aromatic N) is 1. The molecule has 1 heterocycles. The summed E-state index contributed by atoms with van der Waals surface area (Å²) in [5.41, 5.74) is 2.69. The number of carbonyl (C=O) groups excluding carboxylic acids is 1. The Morgan fingerprint density at radius 3 is 2.52 bits per heavy atom. The lowest BCUT2D eigenvalue weighted by atomic mass is 9.95. The van der Waals surface area contributed by atoms with E-state index in [0.29, 0.717) is 6.54 Å². The fourth-order valence-corrected chi connectivity index (χ4v) is 3.16. The van der Waals surface area contributed by atoms with Gasteiger partial charge in [0.1, 0.15) is 18.5 Å². The number of Topliss-reactive ketones (excluding diaryl/α,β-unsaturated/α-hetero) is 1.